The number of pyridine rings is 2. The molecule has 1 atom stereocenters. The predicted molar refractivity (Wildman–Crippen MR) is 78.7 cm³/mol. The molecule has 100 valence electrons. The molecule has 0 aliphatic heterocycles. The van der Waals surface area contributed by atoms with Crippen molar-refractivity contribution >= 4 is 10.9 Å². The zero-order chi connectivity index (χ0) is 13.9. The molecule has 20 heavy (non-hydrogen) atoms. The van der Waals surface area contributed by atoms with Gasteiger partial charge in [-0.1, -0.05) is 6.07 Å². The standard InChI is InChI=1S/C16H15N3O/c1-11(17)12-7-9-19-16(10-12)20-15-6-2-5-14-13(15)4-3-8-18-14/h2-11H,17H2,1H3/t11-/m0/s1. The number of hydrogen-bond donors (Lipinski definition) is 1. The van der Waals surface area contributed by atoms with E-state index < -0.39 is 0 Å². The van der Waals surface area contributed by atoms with Crippen molar-refractivity contribution in [3.05, 3.63) is 60.4 Å². The molecule has 0 fully saturated rings. The van der Waals surface area contributed by atoms with E-state index in [2.05, 4.69) is 9.97 Å². The highest BCUT2D eigenvalue weighted by Gasteiger charge is 2.06. The van der Waals surface area contributed by atoms with Gasteiger partial charge in [0.05, 0.1) is 5.52 Å². The summed E-state index contributed by atoms with van der Waals surface area (Å²) < 4.78 is 5.88. The van der Waals surface area contributed by atoms with Crippen LogP contribution in [-0.4, -0.2) is 9.97 Å². The summed E-state index contributed by atoms with van der Waals surface area (Å²) >= 11 is 0. The van der Waals surface area contributed by atoms with Crippen LogP contribution in [0.15, 0.2) is 54.9 Å². The fourth-order valence-electron chi connectivity index (χ4n) is 2.04. The highest BCUT2D eigenvalue weighted by Crippen LogP contribution is 2.28. The van der Waals surface area contributed by atoms with Gasteiger partial charge in [-0.2, -0.15) is 0 Å². The third kappa shape index (κ3) is 2.46. The van der Waals surface area contributed by atoms with Crippen molar-refractivity contribution in [3.63, 3.8) is 0 Å². The van der Waals surface area contributed by atoms with E-state index in [9.17, 15) is 0 Å². The summed E-state index contributed by atoms with van der Waals surface area (Å²) in [5, 5.41) is 0.961. The number of rotatable bonds is 3. The van der Waals surface area contributed by atoms with E-state index in [4.69, 9.17) is 10.5 Å². The lowest BCUT2D eigenvalue weighted by Gasteiger charge is -2.10. The predicted octanol–water partition coefficient (Wildman–Crippen LogP) is 3.44. The van der Waals surface area contributed by atoms with E-state index >= 15 is 0 Å². The minimum atomic E-state index is -0.0467. The molecule has 0 unspecified atom stereocenters. The van der Waals surface area contributed by atoms with Gasteiger partial charge in [-0.15, -0.1) is 0 Å². The normalized spacial score (nSPS) is 12.3. The molecule has 3 aromatic rings. The highest BCUT2D eigenvalue weighted by molar-refractivity contribution is 5.85. The van der Waals surface area contributed by atoms with E-state index in [1.165, 1.54) is 0 Å². The average Bonchev–Trinajstić information content (AvgIpc) is 2.48. The maximum atomic E-state index is 5.88. The zero-order valence-electron chi connectivity index (χ0n) is 11.2. The van der Waals surface area contributed by atoms with E-state index in [0.717, 1.165) is 22.2 Å². The van der Waals surface area contributed by atoms with Gasteiger partial charge in [0, 0.05) is 29.9 Å². The van der Waals surface area contributed by atoms with Crippen molar-refractivity contribution in [1.29, 1.82) is 0 Å². The van der Waals surface area contributed by atoms with Crippen molar-refractivity contribution in [3.8, 4) is 11.6 Å². The Labute approximate surface area is 117 Å². The molecule has 4 heteroatoms. The zero-order valence-corrected chi connectivity index (χ0v) is 11.2. The maximum Gasteiger partial charge on any atom is 0.219 e. The summed E-state index contributed by atoms with van der Waals surface area (Å²) in [5.41, 5.74) is 7.76. The number of nitrogens with two attached hydrogens (primary N) is 1. The molecule has 0 saturated heterocycles. The first-order valence-corrected chi connectivity index (χ1v) is 6.47. The number of benzene rings is 1. The molecule has 2 N–H and O–H groups in total. The van der Waals surface area contributed by atoms with Crippen molar-refractivity contribution in [2.75, 3.05) is 0 Å². The van der Waals surface area contributed by atoms with Crippen LogP contribution in [0.2, 0.25) is 0 Å². The fourth-order valence-corrected chi connectivity index (χ4v) is 2.04. The summed E-state index contributed by atoms with van der Waals surface area (Å²) in [6.07, 6.45) is 3.47. The summed E-state index contributed by atoms with van der Waals surface area (Å²) in [6, 6.07) is 13.4. The summed E-state index contributed by atoms with van der Waals surface area (Å²) in [6.45, 7) is 1.93. The van der Waals surface area contributed by atoms with Crippen LogP contribution >= 0.6 is 0 Å². The van der Waals surface area contributed by atoms with Gasteiger partial charge in [-0.05, 0) is 42.8 Å². The Bertz CT molecular complexity index is 735. The Balaban J connectivity index is 1.99. The molecule has 2 aromatic heterocycles. The lowest BCUT2D eigenvalue weighted by Crippen LogP contribution is -2.05. The van der Waals surface area contributed by atoms with Gasteiger partial charge in [-0.3, -0.25) is 4.98 Å². The van der Waals surface area contributed by atoms with Crippen LogP contribution < -0.4 is 10.5 Å². The fraction of sp³-hybridized carbons (Fsp3) is 0.125. The van der Waals surface area contributed by atoms with Crippen LogP contribution in [0.5, 0.6) is 11.6 Å². The molecule has 0 radical (unpaired) electrons. The molecule has 2 heterocycles. The minimum absolute atomic E-state index is 0.0467. The molecule has 0 saturated carbocycles. The minimum Gasteiger partial charge on any atom is -0.438 e. The second-order valence-corrected chi connectivity index (χ2v) is 4.64. The number of aromatic nitrogens is 2. The monoisotopic (exact) mass is 265 g/mol. The number of hydrogen-bond acceptors (Lipinski definition) is 4. The van der Waals surface area contributed by atoms with E-state index in [1.54, 1.807) is 12.4 Å². The number of ether oxygens (including phenoxy) is 1. The lowest BCUT2D eigenvalue weighted by molar-refractivity contribution is 0.466. The van der Waals surface area contributed by atoms with Crippen molar-refractivity contribution in [1.82, 2.24) is 9.97 Å². The third-order valence-electron chi connectivity index (χ3n) is 3.10. The molecule has 0 aliphatic carbocycles. The Hall–Kier alpha value is -2.46. The first-order chi connectivity index (χ1) is 9.74. The van der Waals surface area contributed by atoms with Gasteiger partial charge >= 0.3 is 0 Å². The van der Waals surface area contributed by atoms with Crippen LogP contribution in [0.3, 0.4) is 0 Å². The second-order valence-electron chi connectivity index (χ2n) is 4.64. The van der Waals surface area contributed by atoms with E-state index in [0.29, 0.717) is 5.88 Å². The van der Waals surface area contributed by atoms with E-state index in [1.807, 2.05) is 49.4 Å². The van der Waals surface area contributed by atoms with Gasteiger partial charge in [-0.25, -0.2) is 4.98 Å². The van der Waals surface area contributed by atoms with Gasteiger partial charge in [0.1, 0.15) is 5.75 Å². The Morgan fingerprint density at radius 1 is 1.05 bits per heavy atom. The lowest BCUT2D eigenvalue weighted by atomic mass is 10.1. The number of nitrogens with zero attached hydrogens (tertiary/aromatic N) is 2. The first-order valence-electron chi connectivity index (χ1n) is 6.47. The molecule has 0 aliphatic rings. The maximum absolute atomic E-state index is 5.88. The van der Waals surface area contributed by atoms with Crippen LogP contribution in [0.1, 0.15) is 18.5 Å². The molecular weight excluding hydrogens is 250 g/mol. The Morgan fingerprint density at radius 2 is 1.95 bits per heavy atom. The van der Waals surface area contributed by atoms with Gasteiger partial charge in [0.25, 0.3) is 0 Å². The number of fused-ring (bicyclic) bond motifs is 1. The Kier molecular flexibility index (Phi) is 3.31. The average molecular weight is 265 g/mol. The molecule has 3 rings (SSSR count). The van der Waals surface area contributed by atoms with Crippen LogP contribution in [0.25, 0.3) is 10.9 Å². The highest BCUT2D eigenvalue weighted by atomic mass is 16.5. The third-order valence-corrected chi connectivity index (χ3v) is 3.10. The largest absolute Gasteiger partial charge is 0.438 e. The molecule has 0 spiro atoms. The molecule has 1 aromatic carbocycles. The SMILES string of the molecule is C[C@H](N)c1ccnc(Oc2cccc3ncccc23)c1. The smallest absolute Gasteiger partial charge is 0.219 e. The van der Waals surface area contributed by atoms with Crippen LogP contribution in [0, 0.1) is 0 Å². The van der Waals surface area contributed by atoms with Gasteiger partial charge < -0.3 is 10.5 Å². The van der Waals surface area contributed by atoms with Crippen LogP contribution in [-0.2, 0) is 0 Å². The molecule has 0 bridgehead atoms. The quantitative estimate of drug-likeness (QED) is 0.788. The van der Waals surface area contributed by atoms with Crippen molar-refractivity contribution in [2.24, 2.45) is 5.73 Å². The van der Waals surface area contributed by atoms with Gasteiger partial charge in [0.15, 0.2) is 0 Å². The van der Waals surface area contributed by atoms with Crippen molar-refractivity contribution < 1.29 is 4.74 Å². The van der Waals surface area contributed by atoms with E-state index in [-0.39, 0.29) is 6.04 Å². The topological polar surface area (TPSA) is 61.0 Å². The van der Waals surface area contributed by atoms with Crippen LogP contribution in [0.4, 0.5) is 0 Å². The van der Waals surface area contributed by atoms with Crippen molar-refractivity contribution in [2.45, 2.75) is 13.0 Å². The summed E-state index contributed by atoms with van der Waals surface area (Å²) in [5.74, 6) is 1.28. The van der Waals surface area contributed by atoms with Gasteiger partial charge in [0.2, 0.25) is 5.88 Å². The molecule has 4 nitrogen and oxygen atoms in total. The second kappa shape index (κ2) is 5.27. The molecule has 0 amide bonds. The Morgan fingerprint density at radius 3 is 2.80 bits per heavy atom. The summed E-state index contributed by atoms with van der Waals surface area (Å²) in [4.78, 5) is 8.53. The molecular formula is C16H15N3O. The summed E-state index contributed by atoms with van der Waals surface area (Å²) in [7, 11) is 0. The first kappa shape index (κ1) is 12.6.